The molecule has 0 bridgehead atoms. The van der Waals surface area contributed by atoms with Crippen molar-refractivity contribution in [2.75, 3.05) is 13.7 Å². The number of hydrogen-bond acceptors (Lipinski definition) is 3. The second-order valence-corrected chi connectivity index (χ2v) is 5.67. The topological polar surface area (TPSA) is 47.2 Å². The van der Waals surface area contributed by atoms with Crippen LogP contribution in [-0.2, 0) is 6.54 Å². The van der Waals surface area contributed by atoms with E-state index in [9.17, 15) is 5.26 Å². The molecule has 0 atom stereocenters. The van der Waals surface area contributed by atoms with Crippen LogP contribution in [0.15, 0.2) is 42.5 Å². The lowest BCUT2D eigenvalue weighted by Crippen LogP contribution is -1.98. The van der Waals surface area contributed by atoms with Gasteiger partial charge in [0.25, 0.3) is 0 Å². The van der Waals surface area contributed by atoms with E-state index < -0.39 is 0 Å². The van der Waals surface area contributed by atoms with Gasteiger partial charge in [-0.15, -0.1) is 0 Å². The Hall–Kier alpha value is -3.37. The van der Waals surface area contributed by atoms with Crippen LogP contribution in [0.25, 0.3) is 10.9 Å². The van der Waals surface area contributed by atoms with Crippen molar-refractivity contribution < 1.29 is 9.47 Å². The molecule has 3 aromatic rings. The summed E-state index contributed by atoms with van der Waals surface area (Å²) in [6, 6.07) is 15.7. The molecule has 28 heavy (non-hydrogen) atoms. The standard InChI is InChI=1S/C22H20N2O2.C2H6/c1-4-24-21(13-8-16-6-9-17(10-7-16)26-5-2)20(15-23)19-12-11-18(25-3)14-22(19)24;1-2/h6-7,9-12,14H,4-5H2,1-3H3;1-2H3. The number of ether oxygens (including phenoxy) is 2. The molecule has 0 fully saturated rings. The molecule has 0 unspecified atom stereocenters. The largest absolute Gasteiger partial charge is 0.497 e. The predicted molar refractivity (Wildman–Crippen MR) is 114 cm³/mol. The molecule has 0 spiro atoms. The van der Waals surface area contributed by atoms with Gasteiger partial charge in [-0.2, -0.15) is 5.26 Å². The maximum absolute atomic E-state index is 9.67. The van der Waals surface area contributed by atoms with Crippen LogP contribution in [0.1, 0.15) is 44.5 Å². The number of methoxy groups -OCH3 is 1. The van der Waals surface area contributed by atoms with Crippen molar-refractivity contribution in [1.82, 2.24) is 4.57 Å². The maximum atomic E-state index is 9.67. The predicted octanol–water partition coefficient (Wildman–Crippen LogP) is 5.37. The summed E-state index contributed by atoms with van der Waals surface area (Å²) < 4.78 is 12.8. The third kappa shape index (κ3) is 4.30. The molecule has 0 aliphatic rings. The SMILES string of the molecule is CC.CCOc1ccc(C#Cc2c(C#N)c3ccc(OC)cc3n2CC)cc1. The maximum Gasteiger partial charge on any atom is 0.120 e. The van der Waals surface area contributed by atoms with Gasteiger partial charge in [0.1, 0.15) is 23.3 Å². The Bertz CT molecular complexity index is 1030. The van der Waals surface area contributed by atoms with E-state index >= 15 is 0 Å². The summed E-state index contributed by atoms with van der Waals surface area (Å²) in [5, 5.41) is 10.6. The average Bonchev–Trinajstić information content (AvgIpc) is 3.06. The van der Waals surface area contributed by atoms with Gasteiger partial charge in [0.2, 0.25) is 0 Å². The van der Waals surface area contributed by atoms with Crippen molar-refractivity contribution in [3.05, 3.63) is 59.3 Å². The fraction of sp³-hybridized carbons (Fsp3) is 0.292. The zero-order valence-corrected chi connectivity index (χ0v) is 17.2. The molecule has 1 heterocycles. The minimum Gasteiger partial charge on any atom is -0.497 e. The van der Waals surface area contributed by atoms with Gasteiger partial charge in [0.15, 0.2) is 0 Å². The van der Waals surface area contributed by atoms with Crippen LogP contribution in [-0.4, -0.2) is 18.3 Å². The van der Waals surface area contributed by atoms with Gasteiger partial charge in [-0.1, -0.05) is 19.8 Å². The van der Waals surface area contributed by atoms with Gasteiger partial charge in [-0.05, 0) is 56.2 Å². The number of aromatic nitrogens is 1. The first-order valence-electron chi connectivity index (χ1n) is 9.57. The number of aryl methyl sites for hydroxylation is 1. The number of fused-ring (bicyclic) bond motifs is 1. The number of hydrogen-bond donors (Lipinski definition) is 0. The summed E-state index contributed by atoms with van der Waals surface area (Å²) in [6.07, 6.45) is 0. The van der Waals surface area contributed by atoms with Crippen LogP contribution in [0.5, 0.6) is 11.5 Å². The summed E-state index contributed by atoms with van der Waals surface area (Å²) in [5.74, 6) is 7.94. The molecule has 0 aliphatic carbocycles. The fourth-order valence-corrected chi connectivity index (χ4v) is 2.96. The molecule has 0 aliphatic heterocycles. The first-order chi connectivity index (χ1) is 13.7. The lowest BCUT2D eigenvalue weighted by atomic mass is 10.1. The zero-order valence-electron chi connectivity index (χ0n) is 17.2. The minimum absolute atomic E-state index is 0.600. The second-order valence-electron chi connectivity index (χ2n) is 5.67. The van der Waals surface area contributed by atoms with Gasteiger partial charge >= 0.3 is 0 Å². The van der Waals surface area contributed by atoms with E-state index in [0.29, 0.717) is 12.2 Å². The molecule has 0 saturated heterocycles. The lowest BCUT2D eigenvalue weighted by molar-refractivity contribution is 0.340. The molecule has 144 valence electrons. The fourth-order valence-electron chi connectivity index (χ4n) is 2.96. The van der Waals surface area contributed by atoms with Crippen molar-refractivity contribution >= 4 is 10.9 Å². The highest BCUT2D eigenvalue weighted by Gasteiger charge is 2.15. The van der Waals surface area contributed by atoms with Gasteiger partial charge < -0.3 is 14.0 Å². The third-order valence-corrected chi connectivity index (χ3v) is 4.19. The molecule has 4 heteroatoms. The Morgan fingerprint density at radius 2 is 1.64 bits per heavy atom. The highest BCUT2D eigenvalue weighted by atomic mass is 16.5. The Kier molecular flexibility index (Phi) is 7.55. The quantitative estimate of drug-likeness (QED) is 0.577. The van der Waals surface area contributed by atoms with E-state index in [1.165, 1.54) is 0 Å². The molecule has 0 N–H and O–H groups in total. The van der Waals surface area contributed by atoms with E-state index in [2.05, 4.69) is 22.5 Å². The highest BCUT2D eigenvalue weighted by Crippen LogP contribution is 2.28. The average molecular weight is 374 g/mol. The summed E-state index contributed by atoms with van der Waals surface area (Å²) in [4.78, 5) is 0. The van der Waals surface area contributed by atoms with Crippen molar-refractivity contribution in [3.8, 4) is 29.4 Å². The number of benzene rings is 2. The number of rotatable bonds is 4. The number of nitrogens with zero attached hydrogens (tertiary/aromatic N) is 2. The normalized spacial score (nSPS) is 9.57. The van der Waals surface area contributed by atoms with E-state index in [1.807, 2.05) is 70.2 Å². The second kappa shape index (κ2) is 10.1. The molecular formula is C24H26N2O2. The summed E-state index contributed by atoms with van der Waals surface area (Å²) in [5.41, 5.74) is 3.16. The Morgan fingerprint density at radius 3 is 2.21 bits per heavy atom. The monoisotopic (exact) mass is 374 g/mol. The summed E-state index contributed by atoms with van der Waals surface area (Å²) >= 11 is 0. The molecule has 1 aromatic heterocycles. The lowest BCUT2D eigenvalue weighted by Gasteiger charge is -2.04. The van der Waals surface area contributed by atoms with E-state index in [1.54, 1.807) is 7.11 Å². The van der Waals surface area contributed by atoms with Crippen LogP contribution < -0.4 is 9.47 Å². The Balaban J connectivity index is 0.00000136. The van der Waals surface area contributed by atoms with Crippen LogP contribution in [0.2, 0.25) is 0 Å². The Morgan fingerprint density at radius 1 is 0.964 bits per heavy atom. The van der Waals surface area contributed by atoms with Crippen LogP contribution in [0.4, 0.5) is 0 Å². The van der Waals surface area contributed by atoms with Crippen LogP contribution in [0.3, 0.4) is 0 Å². The first-order valence-corrected chi connectivity index (χ1v) is 9.57. The molecular weight excluding hydrogens is 348 g/mol. The van der Waals surface area contributed by atoms with Gasteiger partial charge in [-0.3, -0.25) is 0 Å². The van der Waals surface area contributed by atoms with Gasteiger partial charge in [0.05, 0.1) is 24.8 Å². The third-order valence-electron chi connectivity index (χ3n) is 4.19. The molecule has 0 saturated carbocycles. The number of nitriles is 1. The van der Waals surface area contributed by atoms with E-state index in [-0.39, 0.29) is 0 Å². The van der Waals surface area contributed by atoms with E-state index in [4.69, 9.17) is 9.47 Å². The van der Waals surface area contributed by atoms with Crippen molar-refractivity contribution in [2.45, 2.75) is 34.2 Å². The van der Waals surface area contributed by atoms with Gasteiger partial charge in [0, 0.05) is 23.6 Å². The van der Waals surface area contributed by atoms with Crippen LogP contribution in [0, 0.1) is 23.2 Å². The molecule has 2 aromatic carbocycles. The smallest absolute Gasteiger partial charge is 0.120 e. The highest BCUT2D eigenvalue weighted by molar-refractivity contribution is 5.90. The minimum atomic E-state index is 0.600. The summed E-state index contributed by atoms with van der Waals surface area (Å²) in [6.45, 7) is 9.35. The Labute approximate surface area is 167 Å². The van der Waals surface area contributed by atoms with Gasteiger partial charge in [-0.25, -0.2) is 0 Å². The first kappa shape index (κ1) is 20.9. The molecule has 3 rings (SSSR count). The van der Waals surface area contributed by atoms with Crippen molar-refractivity contribution in [3.63, 3.8) is 0 Å². The molecule has 4 nitrogen and oxygen atoms in total. The van der Waals surface area contributed by atoms with Crippen LogP contribution >= 0.6 is 0 Å². The summed E-state index contributed by atoms with van der Waals surface area (Å²) in [7, 11) is 1.64. The van der Waals surface area contributed by atoms with Crippen molar-refractivity contribution in [1.29, 1.82) is 5.26 Å². The molecule has 0 radical (unpaired) electrons. The molecule has 0 amide bonds. The van der Waals surface area contributed by atoms with E-state index in [0.717, 1.165) is 40.2 Å². The van der Waals surface area contributed by atoms with Crippen molar-refractivity contribution in [2.24, 2.45) is 0 Å². The zero-order chi connectivity index (χ0) is 20.5.